The van der Waals surface area contributed by atoms with Crippen molar-refractivity contribution in [2.45, 2.75) is 0 Å². The molecule has 3 nitrogen and oxygen atoms in total. The van der Waals surface area contributed by atoms with Crippen molar-refractivity contribution in [1.29, 1.82) is 0 Å². The first kappa shape index (κ1) is 29.9. The van der Waals surface area contributed by atoms with E-state index in [1.807, 2.05) is 11.3 Å². The first-order valence-electron chi connectivity index (χ1n) is 17.9. The molecule has 0 aliphatic rings. The van der Waals surface area contributed by atoms with Gasteiger partial charge in [0.05, 0.1) is 0 Å². The average Bonchev–Trinajstić information content (AvgIpc) is 3.62. The molecule has 0 spiro atoms. The molecule has 246 valence electrons. The van der Waals surface area contributed by atoms with Gasteiger partial charge in [-0.05, 0) is 78.5 Å². The van der Waals surface area contributed by atoms with Gasteiger partial charge in [0.15, 0.2) is 17.5 Å². The molecule has 4 heteroatoms. The Kier molecular flexibility index (Phi) is 6.73. The lowest BCUT2D eigenvalue weighted by Gasteiger charge is -2.13. The van der Waals surface area contributed by atoms with E-state index < -0.39 is 0 Å². The molecule has 2 aromatic heterocycles. The summed E-state index contributed by atoms with van der Waals surface area (Å²) in [5.41, 5.74) is 5.25. The second kappa shape index (κ2) is 11.9. The summed E-state index contributed by atoms with van der Waals surface area (Å²) < 4.78 is 2.60. The fourth-order valence-corrected chi connectivity index (χ4v) is 9.08. The van der Waals surface area contributed by atoms with Crippen molar-refractivity contribution in [2.75, 3.05) is 0 Å². The predicted molar refractivity (Wildman–Crippen MR) is 224 cm³/mol. The van der Waals surface area contributed by atoms with Gasteiger partial charge < -0.3 is 0 Å². The van der Waals surface area contributed by atoms with Crippen LogP contribution in [0.4, 0.5) is 0 Å². The van der Waals surface area contributed by atoms with Gasteiger partial charge in [0.1, 0.15) is 0 Å². The van der Waals surface area contributed by atoms with E-state index in [0.29, 0.717) is 17.5 Å². The molecule has 0 fully saturated rings. The Morgan fingerprint density at radius 2 is 0.792 bits per heavy atom. The topological polar surface area (TPSA) is 38.7 Å². The number of fused-ring (bicyclic) bond motifs is 10. The number of benzene rings is 9. The molecule has 53 heavy (non-hydrogen) atoms. The lowest BCUT2D eigenvalue weighted by atomic mass is 9.93. The monoisotopic (exact) mass is 691 g/mol. The van der Waals surface area contributed by atoms with Crippen LogP contribution in [0.15, 0.2) is 176 Å². The van der Waals surface area contributed by atoms with Crippen LogP contribution in [-0.2, 0) is 0 Å². The van der Waals surface area contributed by atoms with Crippen molar-refractivity contribution in [3.8, 4) is 45.3 Å². The summed E-state index contributed by atoms with van der Waals surface area (Å²) in [5, 5.41) is 12.3. The molecule has 0 saturated heterocycles. The van der Waals surface area contributed by atoms with Crippen LogP contribution in [0.25, 0.3) is 109 Å². The Morgan fingerprint density at radius 1 is 0.302 bits per heavy atom. The minimum Gasteiger partial charge on any atom is -0.208 e. The Labute approximate surface area is 309 Å². The molecule has 0 aliphatic carbocycles. The first-order chi connectivity index (χ1) is 26.2. The molecule has 0 N–H and O–H groups in total. The van der Waals surface area contributed by atoms with Gasteiger partial charge in [0.25, 0.3) is 0 Å². The SMILES string of the molecule is c1ccc2cc(-c3nc(-c4ccc(-c5cccc6sc7ccccc7c56)cc4)nc(-c4ccc5c6ccccc6c6ccccc6c5c4)n3)ccc2c1. The molecule has 9 aromatic carbocycles. The zero-order chi connectivity index (χ0) is 34.9. The standard InChI is InChI=1S/C49H29N3S/c1-2-11-33-28-34(25-20-30(33)10-1)48-50-47(32-23-21-31(22-24-32)36-17-9-19-45-46(36)42-16-7-8-18-44(42)53-45)51-49(52-48)35-26-27-41-39-14-4-3-12-37(39)38-13-5-6-15-40(38)43(41)29-35/h1-29H. The van der Waals surface area contributed by atoms with Gasteiger partial charge >= 0.3 is 0 Å². The van der Waals surface area contributed by atoms with Crippen LogP contribution >= 0.6 is 11.3 Å². The summed E-state index contributed by atoms with van der Waals surface area (Å²) >= 11 is 1.84. The molecule has 0 radical (unpaired) electrons. The van der Waals surface area contributed by atoms with Gasteiger partial charge in [-0.25, -0.2) is 15.0 Å². The molecular formula is C49H29N3S. The molecule has 11 aromatic rings. The summed E-state index contributed by atoms with van der Waals surface area (Å²) in [6.45, 7) is 0. The van der Waals surface area contributed by atoms with Crippen molar-refractivity contribution in [3.05, 3.63) is 176 Å². The van der Waals surface area contributed by atoms with E-state index in [9.17, 15) is 0 Å². The fourth-order valence-electron chi connectivity index (χ4n) is 7.95. The van der Waals surface area contributed by atoms with Crippen LogP contribution in [0.1, 0.15) is 0 Å². The summed E-state index contributed by atoms with van der Waals surface area (Å²) in [6, 6.07) is 62.8. The van der Waals surface area contributed by atoms with E-state index in [1.54, 1.807) is 0 Å². The fraction of sp³-hybridized carbons (Fsp3) is 0. The highest BCUT2D eigenvalue weighted by Gasteiger charge is 2.16. The van der Waals surface area contributed by atoms with Gasteiger partial charge in [0, 0.05) is 36.9 Å². The number of rotatable bonds is 4. The highest BCUT2D eigenvalue weighted by Crippen LogP contribution is 2.41. The Hall–Kier alpha value is -6.75. The molecule has 0 aliphatic heterocycles. The zero-order valence-corrected chi connectivity index (χ0v) is 29.3. The minimum absolute atomic E-state index is 0.646. The second-order valence-electron chi connectivity index (χ2n) is 13.6. The largest absolute Gasteiger partial charge is 0.208 e. The molecule has 0 bridgehead atoms. The summed E-state index contributed by atoms with van der Waals surface area (Å²) in [4.78, 5) is 15.5. The summed E-state index contributed by atoms with van der Waals surface area (Å²) in [6.07, 6.45) is 0. The Balaban J connectivity index is 1.09. The summed E-state index contributed by atoms with van der Waals surface area (Å²) in [5.74, 6) is 1.95. The maximum absolute atomic E-state index is 5.18. The van der Waals surface area contributed by atoms with Gasteiger partial charge in [-0.15, -0.1) is 11.3 Å². The van der Waals surface area contributed by atoms with E-state index >= 15 is 0 Å². The number of aromatic nitrogens is 3. The van der Waals surface area contributed by atoms with Crippen LogP contribution in [0.2, 0.25) is 0 Å². The van der Waals surface area contributed by atoms with Crippen molar-refractivity contribution < 1.29 is 0 Å². The van der Waals surface area contributed by atoms with Crippen LogP contribution in [0, 0.1) is 0 Å². The third kappa shape index (κ3) is 4.91. The van der Waals surface area contributed by atoms with Crippen molar-refractivity contribution in [1.82, 2.24) is 15.0 Å². The first-order valence-corrected chi connectivity index (χ1v) is 18.7. The van der Waals surface area contributed by atoms with Gasteiger partial charge in [-0.3, -0.25) is 0 Å². The quantitative estimate of drug-likeness (QED) is 0.172. The predicted octanol–water partition coefficient (Wildman–Crippen LogP) is 13.5. The third-order valence-corrected chi connectivity index (χ3v) is 11.6. The van der Waals surface area contributed by atoms with Crippen molar-refractivity contribution in [3.63, 3.8) is 0 Å². The van der Waals surface area contributed by atoms with Crippen molar-refractivity contribution in [2.24, 2.45) is 0 Å². The normalized spacial score (nSPS) is 11.8. The third-order valence-electron chi connectivity index (χ3n) is 10.5. The van der Waals surface area contributed by atoms with Crippen LogP contribution < -0.4 is 0 Å². The zero-order valence-electron chi connectivity index (χ0n) is 28.5. The number of hydrogen-bond donors (Lipinski definition) is 0. The van der Waals surface area contributed by atoms with E-state index in [2.05, 4.69) is 176 Å². The maximum Gasteiger partial charge on any atom is 0.164 e. The lowest BCUT2D eigenvalue weighted by Crippen LogP contribution is -2.00. The van der Waals surface area contributed by atoms with Gasteiger partial charge in [-0.2, -0.15) is 0 Å². The Bertz CT molecular complexity index is 3200. The van der Waals surface area contributed by atoms with Gasteiger partial charge in [0.2, 0.25) is 0 Å². The molecular weight excluding hydrogens is 663 g/mol. The van der Waals surface area contributed by atoms with E-state index in [4.69, 9.17) is 15.0 Å². The summed E-state index contributed by atoms with van der Waals surface area (Å²) in [7, 11) is 0. The lowest BCUT2D eigenvalue weighted by molar-refractivity contribution is 1.08. The van der Waals surface area contributed by atoms with Crippen molar-refractivity contribution >= 4 is 74.6 Å². The van der Waals surface area contributed by atoms with Crippen LogP contribution in [-0.4, -0.2) is 15.0 Å². The second-order valence-corrected chi connectivity index (χ2v) is 14.7. The van der Waals surface area contributed by atoms with E-state index in [1.165, 1.54) is 69.0 Å². The molecule has 0 amide bonds. The van der Waals surface area contributed by atoms with Gasteiger partial charge in [-0.1, -0.05) is 152 Å². The van der Waals surface area contributed by atoms with E-state index in [0.717, 1.165) is 22.1 Å². The molecule has 0 unspecified atom stereocenters. The smallest absolute Gasteiger partial charge is 0.164 e. The minimum atomic E-state index is 0.646. The molecule has 0 saturated carbocycles. The Morgan fingerprint density at radius 3 is 1.51 bits per heavy atom. The maximum atomic E-state index is 5.18. The van der Waals surface area contributed by atoms with Crippen LogP contribution in [0.3, 0.4) is 0 Å². The molecule has 11 rings (SSSR count). The molecule has 0 atom stereocenters. The van der Waals surface area contributed by atoms with E-state index in [-0.39, 0.29) is 0 Å². The molecule has 2 heterocycles. The average molecular weight is 692 g/mol. The number of hydrogen-bond acceptors (Lipinski definition) is 4. The van der Waals surface area contributed by atoms with Crippen LogP contribution in [0.5, 0.6) is 0 Å². The highest BCUT2D eigenvalue weighted by atomic mass is 32.1. The highest BCUT2D eigenvalue weighted by molar-refractivity contribution is 7.25. The number of thiophene rings is 1. The number of nitrogens with zero attached hydrogens (tertiary/aromatic N) is 3.